The van der Waals surface area contributed by atoms with Crippen molar-refractivity contribution < 1.29 is 4.39 Å². The van der Waals surface area contributed by atoms with Crippen LogP contribution in [0, 0.1) is 5.82 Å². The number of halogens is 3. The van der Waals surface area contributed by atoms with E-state index in [1.54, 1.807) is 6.07 Å². The van der Waals surface area contributed by atoms with E-state index in [2.05, 4.69) is 17.4 Å². The molecule has 0 saturated carbocycles. The third-order valence-electron chi connectivity index (χ3n) is 3.04. The van der Waals surface area contributed by atoms with Gasteiger partial charge in [0.2, 0.25) is 0 Å². The molecule has 1 N–H and O–H groups in total. The average molecular weight is 312 g/mol. The smallest absolute Gasteiger partial charge is 0.142 e. The zero-order chi connectivity index (χ0) is 14.4. The van der Waals surface area contributed by atoms with Gasteiger partial charge in [0.15, 0.2) is 0 Å². The number of hydrogen-bond donors (Lipinski definition) is 1. The fraction of sp³-hybridized carbons (Fsp3) is 0.250. The van der Waals surface area contributed by atoms with E-state index >= 15 is 0 Å². The topological polar surface area (TPSA) is 12.0 Å². The first-order valence-electron chi connectivity index (χ1n) is 6.52. The second-order valence-corrected chi connectivity index (χ2v) is 5.32. The number of hydrogen-bond acceptors (Lipinski definition) is 1. The van der Waals surface area contributed by atoms with E-state index in [0.717, 1.165) is 24.1 Å². The minimum atomic E-state index is -0.387. The van der Waals surface area contributed by atoms with Crippen molar-refractivity contribution in [1.29, 1.82) is 0 Å². The third-order valence-corrected chi connectivity index (χ3v) is 3.73. The average Bonchev–Trinajstić information content (AvgIpc) is 2.47. The lowest BCUT2D eigenvalue weighted by molar-refractivity contribution is 0.626. The molecule has 0 saturated heterocycles. The Kier molecular flexibility index (Phi) is 5.69. The highest BCUT2D eigenvalue weighted by molar-refractivity contribution is 6.31. The largest absolute Gasteiger partial charge is 0.381 e. The van der Waals surface area contributed by atoms with Gasteiger partial charge in [-0.1, -0.05) is 35.9 Å². The molecule has 0 aliphatic rings. The molecule has 0 aliphatic heterocycles. The van der Waals surface area contributed by atoms with Crippen LogP contribution in [0.5, 0.6) is 0 Å². The van der Waals surface area contributed by atoms with Gasteiger partial charge >= 0.3 is 0 Å². The molecule has 2 rings (SSSR count). The molecule has 0 aliphatic carbocycles. The SMILES string of the molecule is Fc1cccc(CNc2cccc(CCCCl)c2)c1Cl. The third kappa shape index (κ3) is 4.12. The number of nitrogens with one attached hydrogen (secondary N) is 1. The predicted molar refractivity (Wildman–Crippen MR) is 84.2 cm³/mol. The number of benzene rings is 2. The van der Waals surface area contributed by atoms with Gasteiger partial charge in [-0.05, 0) is 42.2 Å². The van der Waals surface area contributed by atoms with E-state index in [0.29, 0.717) is 12.4 Å². The van der Waals surface area contributed by atoms with Crippen molar-refractivity contribution in [1.82, 2.24) is 0 Å². The normalized spacial score (nSPS) is 10.6. The Bertz CT molecular complexity index is 572. The molecule has 0 aromatic heterocycles. The van der Waals surface area contributed by atoms with Crippen molar-refractivity contribution in [2.75, 3.05) is 11.2 Å². The van der Waals surface area contributed by atoms with Crippen LogP contribution in [0.3, 0.4) is 0 Å². The summed E-state index contributed by atoms with van der Waals surface area (Å²) in [5, 5.41) is 3.44. The fourth-order valence-corrected chi connectivity index (χ4v) is 2.32. The summed E-state index contributed by atoms with van der Waals surface area (Å²) in [6.07, 6.45) is 1.92. The maximum absolute atomic E-state index is 13.3. The summed E-state index contributed by atoms with van der Waals surface area (Å²) in [7, 11) is 0. The van der Waals surface area contributed by atoms with Crippen LogP contribution in [0.4, 0.5) is 10.1 Å². The quantitative estimate of drug-likeness (QED) is 0.717. The Balaban J connectivity index is 2.01. The van der Waals surface area contributed by atoms with Crippen LogP contribution in [-0.4, -0.2) is 5.88 Å². The molecule has 0 fully saturated rings. The highest BCUT2D eigenvalue weighted by atomic mass is 35.5. The van der Waals surface area contributed by atoms with Crippen molar-refractivity contribution in [2.24, 2.45) is 0 Å². The molecule has 2 aromatic carbocycles. The Hall–Kier alpha value is -1.25. The maximum atomic E-state index is 13.3. The zero-order valence-corrected chi connectivity index (χ0v) is 12.5. The number of aryl methyl sites for hydroxylation is 1. The number of anilines is 1. The number of rotatable bonds is 6. The Labute approximate surface area is 128 Å². The van der Waals surface area contributed by atoms with Crippen LogP contribution in [0.1, 0.15) is 17.5 Å². The summed E-state index contributed by atoms with van der Waals surface area (Å²) in [6.45, 7) is 0.496. The molecule has 0 unspecified atom stereocenters. The molecule has 0 atom stereocenters. The lowest BCUT2D eigenvalue weighted by Crippen LogP contribution is -2.01. The van der Waals surface area contributed by atoms with Gasteiger partial charge in [-0.2, -0.15) is 0 Å². The van der Waals surface area contributed by atoms with Crippen LogP contribution < -0.4 is 5.32 Å². The zero-order valence-electron chi connectivity index (χ0n) is 11.0. The molecule has 4 heteroatoms. The second-order valence-electron chi connectivity index (χ2n) is 4.56. The molecule has 0 heterocycles. The van der Waals surface area contributed by atoms with Gasteiger partial charge in [0.1, 0.15) is 5.82 Å². The highest BCUT2D eigenvalue weighted by Gasteiger charge is 2.05. The molecule has 2 aromatic rings. The standard InChI is InChI=1S/C16H16Cl2FN/c17-9-3-5-12-4-1-7-14(10-12)20-11-13-6-2-8-15(19)16(13)18/h1-2,4,6-8,10,20H,3,5,9,11H2. The van der Waals surface area contributed by atoms with Gasteiger partial charge < -0.3 is 5.32 Å². The number of alkyl halides is 1. The molecule has 0 bridgehead atoms. The molecule has 0 spiro atoms. The van der Waals surface area contributed by atoms with E-state index < -0.39 is 0 Å². The molecule has 106 valence electrons. The van der Waals surface area contributed by atoms with E-state index in [1.807, 2.05) is 18.2 Å². The van der Waals surface area contributed by atoms with E-state index in [-0.39, 0.29) is 10.8 Å². The molecule has 0 amide bonds. The van der Waals surface area contributed by atoms with E-state index in [9.17, 15) is 4.39 Å². The molecular formula is C16H16Cl2FN. The van der Waals surface area contributed by atoms with Crippen molar-refractivity contribution in [3.63, 3.8) is 0 Å². The van der Waals surface area contributed by atoms with Crippen LogP contribution in [0.15, 0.2) is 42.5 Å². The monoisotopic (exact) mass is 311 g/mol. The van der Waals surface area contributed by atoms with Crippen LogP contribution in [0.2, 0.25) is 5.02 Å². The summed E-state index contributed by atoms with van der Waals surface area (Å²) >= 11 is 11.6. The van der Waals surface area contributed by atoms with Crippen molar-refractivity contribution in [3.8, 4) is 0 Å². The fourth-order valence-electron chi connectivity index (χ4n) is 1.99. The Morgan fingerprint density at radius 1 is 1.10 bits per heavy atom. The minimum absolute atomic E-state index is 0.179. The first kappa shape index (κ1) is 15.1. The Morgan fingerprint density at radius 3 is 2.70 bits per heavy atom. The maximum Gasteiger partial charge on any atom is 0.142 e. The van der Waals surface area contributed by atoms with E-state index in [1.165, 1.54) is 11.6 Å². The first-order valence-corrected chi connectivity index (χ1v) is 7.43. The van der Waals surface area contributed by atoms with Gasteiger partial charge in [0.25, 0.3) is 0 Å². The van der Waals surface area contributed by atoms with Crippen molar-refractivity contribution >= 4 is 28.9 Å². The van der Waals surface area contributed by atoms with Crippen LogP contribution in [0.25, 0.3) is 0 Å². The van der Waals surface area contributed by atoms with Crippen LogP contribution >= 0.6 is 23.2 Å². The van der Waals surface area contributed by atoms with E-state index in [4.69, 9.17) is 23.2 Å². The Morgan fingerprint density at radius 2 is 1.90 bits per heavy atom. The second kappa shape index (κ2) is 7.51. The summed E-state index contributed by atoms with van der Waals surface area (Å²) in [5.74, 6) is 0.276. The van der Waals surface area contributed by atoms with Gasteiger partial charge in [0.05, 0.1) is 5.02 Å². The molecule has 0 radical (unpaired) electrons. The predicted octanol–water partition coefficient (Wildman–Crippen LogP) is 5.26. The summed E-state index contributed by atoms with van der Waals surface area (Å²) in [6, 6.07) is 13.0. The van der Waals surface area contributed by atoms with Gasteiger partial charge in [0, 0.05) is 18.1 Å². The molecular weight excluding hydrogens is 296 g/mol. The molecule has 1 nitrogen and oxygen atoms in total. The van der Waals surface area contributed by atoms with Gasteiger partial charge in [-0.15, -0.1) is 11.6 Å². The lowest BCUT2D eigenvalue weighted by Gasteiger charge is -2.10. The summed E-state index contributed by atoms with van der Waals surface area (Å²) in [4.78, 5) is 0. The van der Waals surface area contributed by atoms with Crippen LogP contribution in [-0.2, 0) is 13.0 Å². The summed E-state index contributed by atoms with van der Waals surface area (Å²) < 4.78 is 13.3. The minimum Gasteiger partial charge on any atom is -0.381 e. The van der Waals surface area contributed by atoms with Gasteiger partial charge in [-0.25, -0.2) is 4.39 Å². The first-order chi connectivity index (χ1) is 9.70. The lowest BCUT2D eigenvalue weighted by atomic mass is 10.1. The van der Waals surface area contributed by atoms with Crippen molar-refractivity contribution in [2.45, 2.75) is 19.4 Å². The van der Waals surface area contributed by atoms with Crippen molar-refractivity contribution in [3.05, 3.63) is 64.4 Å². The van der Waals surface area contributed by atoms with Gasteiger partial charge in [-0.3, -0.25) is 0 Å². The highest BCUT2D eigenvalue weighted by Crippen LogP contribution is 2.21. The molecule has 20 heavy (non-hydrogen) atoms. The summed E-state index contributed by atoms with van der Waals surface area (Å²) in [5.41, 5.74) is 2.98.